The maximum absolute atomic E-state index is 11.6. The number of carbonyl (C=O) groups excluding carboxylic acids is 1. The first kappa shape index (κ1) is 20.3. The van der Waals surface area contributed by atoms with E-state index in [4.69, 9.17) is 14.9 Å². The highest BCUT2D eigenvalue weighted by atomic mass is 16.5. The standard InChI is InChI=1S/C14H24O8/c1-3-5-6-13(20,4-2)9-22-11(17)8-14(21,12(18)19)7-10(15)16/h20-21H,3-9H2,1-2H3,(H,15,16)(H,18,19). The van der Waals surface area contributed by atoms with Gasteiger partial charge in [-0.1, -0.05) is 26.7 Å². The lowest BCUT2D eigenvalue weighted by Gasteiger charge is -2.27. The second-order valence-electron chi connectivity index (χ2n) is 5.43. The molecule has 4 N–H and O–H groups in total. The number of hydrogen-bond acceptors (Lipinski definition) is 6. The summed E-state index contributed by atoms with van der Waals surface area (Å²) in [6.07, 6.45) is 0.241. The Bertz CT molecular complexity index is 408. The predicted molar refractivity (Wildman–Crippen MR) is 75.2 cm³/mol. The average Bonchev–Trinajstić information content (AvgIpc) is 2.42. The molecule has 0 aliphatic rings. The zero-order valence-electron chi connectivity index (χ0n) is 12.9. The number of aliphatic carboxylic acids is 2. The molecule has 0 aromatic heterocycles. The van der Waals surface area contributed by atoms with Crippen LogP contribution in [-0.4, -0.2) is 56.1 Å². The molecule has 0 heterocycles. The van der Waals surface area contributed by atoms with Gasteiger partial charge >= 0.3 is 17.9 Å². The minimum absolute atomic E-state index is 0.328. The van der Waals surface area contributed by atoms with Gasteiger partial charge in [-0.3, -0.25) is 9.59 Å². The SMILES string of the molecule is CCCCC(O)(CC)COC(=O)CC(O)(CC(=O)O)C(=O)O. The van der Waals surface area contributed by atoms with Crippen LogP contribution in [0.1, 0.15) is 52.4 Å². The molecule has 0 saturated heterocycles. The fraction of sp³-hybridized carbons (Fsp3) is 0.786. The molecule has 0 aliphatic carbocycles. The summed E-state index contributed by atoms with van der Waals surface area (Å²) < 4.78 is 4.82. The van der Waals surface area contributed by atoms with Crippen molar-refractivity contribution in [2.75, 3.05) is 6.61 Å². The van der Waals surface area contributed by atoms with Crippen LogP contribution in [0.25, 0.3) is 0 Å². The van der Waals surface area contributed by atoms with E-state index in [1.807, 2.05) is 6.92 Å². The molecule has 0 radical (unpaired) electrons. The van der Waals surface area contributed by atoms with Crippen LogP contribution >= 0.6 is 0 Å². The first-order chi connectivity index (χ1) is 10.1. The van der Waals surface area contributed by atoms with E-state index in [1.165, 1.54) is 0 Å². The molecule has 0 fully saturated rings. The van der Waals surface area contributed by atoms with E-state index in [0.717, 1.165) is 12.8 Å². The van der Waals surface area contributed by atoms with Crippen molar-refractivity contribution in [3.63, 3.8) is 0 Å². The minimum Gasteiger partial charge on any atom is -0.481 e. The van der Waals surface area contributed by atoms with Crippen LogP contribution in [0.2, 0.25) is 0 Å². The number of aliphatic hydroxyl groups is 2. The van der Waals surface area contributed by atoms with Gasteiger partial charge in [0, 0.05) is 0 Å². The van der Waals surface area contributed by atoms with Crippen molar-refractivity contribution in [3.05, 3.63) is 0 Å². The second-order valence-corrected chi connectivity index (χ2v) is 5.43. The zero-order valence-corrected chi connectivity index (χ0v) is 12.9. The van der Waals surface area contributed by atoms with Gasteiger partial charge in [0.1, 0.15) is 6.61 Å². The highest BCUT2D eigenvalue weighted by Crippen LogP contribution is 2.21. The van der Waals surface area contributed by atoms with Crippen LogP contribution in [0.15, 0.2) is 0 Å². The lowest BCUT2D eigenvalue weighted by atomic mass is 9.94. The third-order valence-electron chi connectivity index (χ3n) is 3.43. The van der Waals surface area contributed by atoms with E-state index in [1.54, 1.807) is 6.92 Å². The Morgan fingerprint density at radius 2 is 1.64 bits per heavy atom. The normalized spacial score (nSPS) is 16.4. The van der Waals surface area contributed by atoms with E-state index in [9.17, 15) is 24.6 Å². The summed E-state index contributed by atoms with van der Waals surface area (Å²) >= 11 is 0. The number of hydrogen-bond donors (Lipinski definition) is 4. The van der Waals surface area contributed by atoms with Crippen molar-refractivity contribution in [1.82, 2.24) is 0 Å². The van der Waals surface area contributed by atoms with E-state index < -0.39 is 42.0 Å². The summed E-state index contributed by atoms with van der Waals surface area (Å²) in [7, 11) is 0. The summed E-state index contributed by atoms with van der Waals surface area (Å²) in [6.45, 7) is 3.34. The quantitative estimate of drug-likeness (QED) is 0.404. The first-order valence-electron chi connectivity index (χ1n) is 7.14. The van der Waals surface area contributed by atoms with Crippen molar-refractivity contribution in [1.29, 1.82) is 0 Å². The van der Waals surface area contributed by atoms with Gasteiger partial charge in [-0.05, 0) is 12.8 Å². The Labute approximate surface area is 128 Å². The van der Waals surface area contributed by atoms with Crippen LogP contribution in [-0.2, 0) is 19.1 Å². The molecule has 22 heavy (non-hydrogen) atoms. The highest BCUT2D eigenvalue weighted by molar-refractivity contribution is 5.88. The molecule has 2 atom stereocenters. The summed E-state index contributed by atoms with van der Waals surface area (Å²) in [5.74, 6) is -4.44. The van der Waals surface area contributed by atoms with Crippen molar-refractivity contribution < 1.29 is 39.5 Å². The number of carboxylic acids is 2. The lowest BCUT2D eigenvalue weighted by molar-refractivity contribution is -0.174. The van der Waals surface area contributed by atoms with E-state index in [2.05, 4.69) is 0 Å². The van der Waals surface area contributed by atoms with E-state index in [0.29, 0.717) is 12.8 Å². The number of ether oxygens (including phenoxy) is 1. The molecule has 0 aromatic rings. The molecule has 0 bridgehead atoms. The van der Waals surface area contributed by atoms with Crippen molar-refractivity contribution in [2.24, 2.45) is 0 Å². The Hall–Kier alpha value is -1.67. The van der Waals surface area contributed by atoms with Gasteiger partial charge < -0.3 is 25.2 Å². The van der Waals surface area contributed by atoms with Gasteiger partial charge in [-0.25, -0.2) is 4.79 Å². The molecule has 0 spiro atoms. The van der Waals surface area contributed by atoms with Gasteiger partial charge in [0.15, 0.2) is 5.60 Å². The summed E-state index contributed by atoms with van der Waals surface area (Å²) in [5.41, 5.74) is -3.93. The maximum atomic E-state index is 11.6. The third kappa shape index (κ3) is 6.86. The van der Waals surface area contributed by atoms with Crippen molar-refractivity contribution in [2.45, 2.75) is 63.6 Å². The smallest absolute Gasteiger partial charge is 0.336 e. The van der Waals surface area contributed by atoms with Crippen LogP contribution in [0.5, 0.6) is 0 Å². The van der Waals surface area contributed by atoms with Crippen molar-refractivity contribution in [3.8, 4) is 0 Å². The first-order valence-corrected chi connectivity index (χ1v) is 7.14. The fourth-order valence-electron chi connectivity index (χ4n) is 1.83. The molecule has 128 valence electrons. The Kier molecular flexibility index (Phi) is 8.04. The van der Waals surface area contributed by atoms with Gasteiger partial charge in [-0.15, -0.1) is 0 Å². The van der Waals surface area contributed by atoms with Crippen LogP contribution in [0.4, 0.5) is 0 Å². The molecular formula is C14H24O8. The van der Waals surface area contributed by atoms with Gasteiger partial charge in [0.25, 0.3) is 0 Å². The van der Waals surface area contributed by atoms with Gasteiger partial charge in [0.05, 0.1) is 18.4 Å². The maximum Gasteiger partial charge on any atom is 0.336 e. The number of carboxylic acid groups (broad SMARTS) is 2. The highest BCUT2D eigenvalue weighted by Gasteiger charge is 2.41. The second kappa shape index (κ2) is 8.70. The fourth-order valence-corrected chi connectivity index (χ4v) is 1.83. The number of esters is 1. The molecule has 0 amide bonds. The summed E-state index contributed by atoms with van der Waals surface area (Å²) in [5, 5.41) is 37.4. The van der Waals surface area contributed by atoms with Crippen LogP contribution in [0, 0.1) is 0 Å². The van der Waals surface area contributed by atoms with Crippen LogP contribution < -0.4 is 0 Å². The van der Waals surface area contributed by atoms with E-state index >= 15 is 0 Å². The predicted octanol–water partition coefficient (Wildman–Crippen LogP) is 0.541. The third-order valence-corrected chi connectivity index (χ3v) is 3.43. The monoisotopic (exact) mass is 320 g/mol. The molecular weight excluding hydrogens is 296 g/mol. The largest absolute Gasteiger partial charge is 0.481 e. The molecule has 0 aromatic carbocycles. The lowest BCUT2D eigenvalue weighted by Crippen LogP contribution is -2.44. The number of unbranched alkanes of at least 4 members (excludes halogenated alkanes) is 1. The zero-order chi connectivity index (χ0) is 17.4. The van der Waals surface area contributed by atoms with Crippen LogP contribution in [0.3, 0.4) is 0 Å². The van der Waals surface area contributed by atoms with Gasteiger partial charge in [0.2, 0.25) is 0 Å². The molecule has 8 nitrogen and oxygen atoms in total. The molecule has 0 rings (SSSR count). The topological polar surface area (TPSA) is 141 Å². The molecule has 0 aliphatic heterocycles. The summed E-state index contributed by atoms with van der Waals surface area (Å²) in [4.78, 5) is 33.1. The molecule has 8 heteroatoms. The molecule has 2 unspecified atom stereocenters. The Morgan fingerprint density at radius 1 is 1.05 bits per heavy atom. The van der Waals surface area contributed by atoms with Crippen molar-refractivity contribution >= 4 is 17.9 Å². The minimum atomic E-state index is -2.73. The van der Waals surface area contributed by atoms with Gasteiger partial charge in [-0.2, -0.15) is 0 Å². The number of rotatable bonds is 11. The molecule has 0 saturated carbocycles. The van der Waals surface area contributed by atoms with E-state index in [-0.39, 0.29) is 6.61 Å². The average molecular weight is 320 g/mol. The summed E-state index contributed by atoms with van der Waals surface area (Å²) in [6, 6.07) is 0. The Morgan fingerprint density at radius 3 is 2.05 bits per heavy atom. The number of carbonyl (C=O) groups is 3. The Balaban J connectivity index is 4.64.